The Bertz CT molecular complexity index is 831. The lowest BCUT2D eigenvalue weighted by atomic mass is 10.0. The zero-order valence-corrected chi connectivity index (χ0v) is 14.4. The van der Waals surface area contributed by atoms with E-state index in [9.17, 15) is 18.4 Å². The van der Waals surface area contributed by atoms with Gasteiger partial charge in [0.1, 0.15) is 17.3 Å². The molecule has 1 aliphatic rings. The SMILES string of the molecule is C[C@H](OC(=O)Cc1ccc2c(c1)CCC2)C(=O)Nc1c(F)cccc1F. The van der Waals surface area contributed by atoms with Crippen LogP contribution >= 0.6 is 0 Å². The van der Waals surface area contributed by atoms with Crippen molar-refractivity contribution < 1.29 is 23.1 Å². The predicted octanol–water partition coefficient (Wildman–Crippen LogP) is 3.57. The van der Waals surface area contributed by atoms with Crippen LogP contribution in [0.5, 0.6) is 0 Å². The third kappa shape index (κ3) is 4.07. The number of hydrogen-bond donors (Lipinski definition) is 1. The molecule has 0 aromatic heterocycles. The standard InChI is InChI=1S/C20H19F2NO3/c1-12(20(25)23-19-16(21)6-3-7-17(19)22)26-18(24)11-13-8-9-14-4-2-5-15(14)10-13/h3,6-10,12H,2,4-5,11H2,1H3,(H,23,25)/t12-/m0/s1. The van der Waals surface area contributed by atoms with Gasteiger partial charge in [0.05, 0.1) is 6.42 Å². The summed E-state index contributed by atoms with van der Waals surface area (Å²) < 4.78 is 32.2. The summed E-state index contributed by atoms with van der Waals surface area (Å²) in [5.41, 5.74) is 2.82. The summed E-state index contributed by atoms with van der Waals surface area (Å²) in [6.45, 7) is 1.36. The van der Waals surface area contributed by atoms with Crippen LogP contribution < -0.4 is 5.32 Å². The van der Waals surface area contributed by atoms with Gasteiger partial charge in [-0.15, -0.1) is 0 Å². The Morgan fingerprint density at radius 1 is 1.12 bits per heavy atom. The molecule has 0 radical (unpaired) electrons. The molecule has 0 saturated carbocycles. The smallest absolute Gasteiger partial charge is 0.311 e. The molecule has 3 rings (SSSR count). The van der Waals surface area contributed by atoms with E-state index in [1.165, 1.54) is 24.1 Å². The average Bonchev–Trinajstić information content (AvgIpc) is 3.05. The highest BCUT2D eigenvalue weighted by Gasteiger charge is 2.21. The number of nitrogens with one attached hydrogen (secondary N) is 1. The van der Waals surface area contributed by atoms with E-state index in [1.807, 2.05) is 18.2 Å². The van der Waals surface area contributed by atoms with Crippen molar-refractivity contribution in [2.45, 2.75) is 38.7 Å². The van der Waals surface area contributed by atoms with Crippen molar-refractivity contribution in [1.29, 1.82) is 0 Å². The van der Waals surface area contributed by atoms with Crippen molar-refractivity contribution in [2.75, 3.05) is 5.32 Å². The first-order valence-electron chi connectivity index (χ1n) is 8.49. The number of benzene rings is 2. The largest absolute Gasteiger partial charge is 0.452 e. The number of anilines is 1. The molecule has 0 unspecified atom stereocenters. The summed E-state index contributed by atoms with van der Waals surface area (Å²) in [5, 5.41) is 2.12. The fourth-order valence-electron chi connectivity index (χ4n) is 3.04. The van der Waals surface area contributed by atoms with E-state index in [0.29, 0.717) is 0 Å². The fourth-order valence-corrected chi connectivity index (χ4v) is 3.04. The van der Waals surface area contributed by atoms with Gasteiger partial charge in [0, 0.05) is 0 Å². The normalized spacial score (nSPS) is 13.8. The third-order valence-electron chi connectivity index (χ3n) is 4.40. The Labute approximate surface area is 150 Å². The van der Waals surface area contributed by atoms with Crippen LogP contribution in [0.1, 0.15) is 30.0 Å². The van der Waals surface area contributed by atoms with Crippen molar-refractivity contribution in [1.82, 2.24) is 0 Å². The number of aryl methyl sites for hydroxylation is 2. The molecule has 26 heavy (non-hydrogen) atoms. The Morgan fingerprint density at radius 3 is 2.54 bits per heavy atom. The van der Waals surface area contributed by atoms with Crippen LogP contribution in [0, 0.1) is 11.6 Å². The third-order valence-corrected chi connectivity index (χ3v) is 4.40. The van der Waals surface area contributed by atoms with Crippen molar-refractivity contribution in [2.24, 2.45) is 0 Å². The van der Waals surface area contributed by atoms with Crippen molar-refractivity contribution >= 4 is 17.6 Å². The summed E-state index contributed by atoms with van der Waals surface area (Å²) in [5.74, 6) is -3.15. The Hall–Kier alpha value is -2.76. The number of fused-ring (bicyclic) bond motifs is 1. The van der Waals surface area contributed by atoms with Crippen LogP contribution in [-0.2, 0) is 33.6 Å². The van der Waals surface area contributed by atoms with E-state index < -0.39 is 35.3 Å². The number of hydrogen-bond acceptors (Lipinski definition) is 3. The maximum absolute atomic E-state index is 13.6. The van der Waals surface area contributed by atoms with Crippen LogP contribution in [-0.4, -0.2) is 18.0 Å². The number of carbonyl (C=O) groups excluding carboxylic acids is 2. The number of esters is 1. The van der Waals surface area contributed by atoms with Crippen LogP contribution in [0.2, 0.25) is 0 Å². The lowest BCUT2D eigenvalue weighted by Gasteiger charge is -2.14. The van der Waals surface area contributed by atoms with Gasteiger partial charge >= 0.3 is 5.97 Å². The van der Waals surface area contributed by atoms with Crippen molar-refractivity contribution in [3.8, 4) is 0 Å². The molecular weight excluding hydrogens is 340 g/mol. The number of ether oxygens (including phenoxy) is 1. The predicted molar refractivity (Wildman–Crippen MR) is 92.7 cm³/mol. The second kappa shape index (κ2) is 7.64. The average molecular weight is 359 g/mol. The van der Waals surface area contributed by atoms with Gasteiger partial charge < -0.3 is 10.1 Å². The van der Waals surface area contributed by atoms with E-state index in [4.69, 9.17) is 4.74 Å². The molecule has 1 atom stereocenters. The number of halogens is 2. The fraction of sp³-hybridized carbons (Fsp3) is 0.300. The second-order valence-electron chi connectivity index (χ2n) is 6.35. The molecule has 0 saturated heterocycles. The molecular formula is C20H19F2NO3. The first kappa shape index (κ1) is 18.0. The number of para-hydroxylation sites is 1. The molecule has 0 heterocycles. The highest BCUT2D eigenvalue weighted by Crippen LogP contribution is 2.23. The van der Waals surface area contributed by atoms with Gasteiger partial charge in [-0.1, -0.05) is 24.3 Å². The molecule has 2 aromatic carbocycles. The topological polar surface area (TPSA) is 55.4 Å². The molecule has 6 heteroatoms. The monoisotopic (exact) mass is 359 g/mol. The Balaban J connectivity index is 1.57. The minimum atomic E-state index is -1.17. The van der Waals surface area contributed by atoms with Crippen LogP contribution in [0.15, 0.2) is 36.4 Å². The summed E-state index contributed by atoms with van der Waals surface area (Å²) in [6.07, 6.45) is 2.05. The van der Waals surface area contributed by atoms with E-state index in [2.05, 4.69) is 5.32 Å². The molecule has 0 fully saturated rings. The molecule has 2 aromatic rings. The number of amides is 1. The maximum atomic E-state index is 13.6. The maximum Gasteiger partial charge on any atom is 0.311 e. The molecule has 1 N–H and O–H groups in total. The van der Waals surface area contributed by atoms with Crippen molar-refractivity contribution in [3.63, 3.8) is 0 Å². The summed E-state index contributed by atoms with van der Waals surface area (Å²) in [7, 11) is 0. The summed E-state index contributed by atoms with van der Waals surface area (Å²) in [4.78, 5) is 24.1. The molecule has 1 amide bonds. The molecule has 4 nitrogen and oxygen atoms in total. The molecule has 1 aliphatic carbocycles. The quantitative estimate of drug-likeness (QED) is 0.831. The number of rotatable bonds is 5. The summed E-state index contributed by atoms with van der Waals surface area (Å²) in [6, 6.07) is 9.14. The second-order valence-corrected chi connectivity index (χ2v) is 6.35. The van der Waals surface area contributed by atoms with Crippen LogP contribution in [0.3, 0.4) is 0 Å². The minimum Gasteiger partial charge on any atom is -0.452 e. The highest BCUT2D eigenvalue weighted by atomic mass is 19.1. The van der Waals surface area contributed by atoms with Gasteiger partial charge in [0.25, 0.3) is 5.91 Å². The zero-order chi connectivity index (χ0) is 18.7. The summed E-state index contributed by atoms with van der Waals surface area (Å²) >= 11 is 0. The first-order valence-corrected chi connectivity index (χ1v) is 8.49. The molecule has 136 valence electrons. The van der Waals surface area contributed by atoms with Crippen molar-refractivity contribution in [3.05, 3.63) is 64.7 Å². The Morgan fingerprint density at radius 2 is 1.81 bits per heavy atom. The zero-order valence-electron chi connectivity index (χ0n) is 14.4. The molecule has 0 bridgehead atoms. The van der Waals surface area contributed by atoms with Gasteiger partial charge in [-0.3, -0.25) is 9.59 Å². The Kier molecular flexibility index (Phi) is 5.30. The lowest BCUT2D eigenvalue weighted by Crippen LogP contribution is -2.31. The van der Waals surface area contributed by atoms with Crippen LogP contribution in [0.25, 0.3) is 0 Å². The minimum absolute atomic E-state index is 0.0406. The van der Waals surface area contributed by atoms with E-state index in [0.717, 1.165) is 37.0 Å². The highest BCUT2D eigenvalue weighted by molar-refractivity contribution is 5.95. The van der Waals surface area contributed by atoms with E-state index in [-0.39, 0.29) is 6.42 Å². The van der Waals surface area contributed by atoms with Gasteiger partial charge in [-0.25, -0.2) is 8.78 Å². The first-order chi connectivity index (χ1) is 12.4. The van der Waals surface area contributed by atoms with Gasteiger partial charge in [0.2, 0.25) is 0 Å². The van der Waals surface area contributed by atoms with Gasteiger partial charge in [0.15, 0.2) is 6.10 Å². The van der Waals surface area contributed by atoms with Gasteiger partial charge in [-0.05, 0) is 55.0 Å². The lowest BCUT2D eigenvalue weighted by molar-refractivity contribution is -0.152. The molecule has 0 aliphatic heterocycles. The van der Waals surface area contributed by atoms with Gasteiger partial charge in [-0.2, -0.15) is 0 Å². The van der Waals surface area contributed by atoms with Crippen LogP contribution in [0.4, 0.5) is 14.5 Å². The molecule has 0 spiro atoms. The van der Waals surface area contributed by atoms with E-state index >= 15 is 0 Å². The number of carbonyl (C=O) groups is 2. The van der Waals surface area contributed by atoms with E-state index in [1.54, 1.807) is 0 Å².